The zero-order valence-electron chi connectivity index (χ0n) is 14.2. The molecule has 2 heterocycles. The van der Waals surface area contributed by atoms with Gasteiger partial charge in [0.25, 0.3) is 5.89 Å². The third kappa shape index (κ3) is 3.21. The number of rotatable bonds is 5. The Hall–Kier alpha value is -3.41. The zero-order valence-corrected chi connectivity index (χ0v) is 14.2. The summed E-state index contributed by atoms with van der Waals surface area (Å²) in [6.45, 7) is 1.83. The maximum absolute atomic E-state index is 12.3. The number of hydrogen-bond acceptors (Lipinski definition) is 5. The van der Waals surface area contributed by atoms with Gasteiger partial charge in [-0.1, -0.05) is 36.4 Å². The SMILES string of the molecule is Cc1occc1-c1nnc(CCC(=O)Nc2cccc3ccccc23)o1. The summed E-state index contributed by atoms with van der Waals surface area (Å²) in [5.74, 6) is 1.45. The van der Waals surface area contributed by atoms with Crippen LogP contribution in [0.25, 0.3) is 22.2 Å². The highest BCUT2D eigenvalue weighted by atomic mass is 16.4. The molecule has 2 aromatic heterocycles. The Labute approximate surface area is 149 Å². The Morgan fingerprint density at radius 1 is 1.08 bits per heavy atom. The van der Waals surface area contributed by atoms with E-state index in [0.717, 1.165) is 22.0 Å². The summed E-state index contributed by atoms with van der Waals surface area (Å²) in [5.41, 5.74) is 1.57. The lowest BCUT2D eigenvalue weighted by Gasteiger charge is -2.08. The molecule has 4 rings (SSSR count). The van der Waals surface area contributed by atoms with Crippen molar-refractivity contribution in [3.8, 4) is 11.5 Å². The van der Waals surface area contributed by atoms with Crippen LogP contribution in [-0.2, 0) is 11.2 Å². The second kappa shape index (κ2) is 6.84. The van der Waals surface area contributed by atoms with Crippen LogP contribution in [0, 0.1) is 6.92 Å². The van der Waals surface area contributed by atoms with Gasteiger partial charge in [0, 0.05) is 23.9 Å². The fraction of sp³-hybridized carbons (Fsp3) is 0.150. The Bertz CT molecular complexity index is 1060. The standard InChI is InChI=1S/C20H17N3O3/c1-13-15(11-12-25-13)20-23-22-19(26-20)10-9-18(24)21-17-8-4-6-14-5-2-3-7-16(14)17/h2-8,11-12H,9-10H2,1H3,(H,21,24). The van der Waals surface area contributed by atoms with E-state index >= 15 is 0 Å². The van der Waals surface area contributed by atoms with Gasteiger partial charge in [0.05, 0.1) is 11.8 Å². The molecule has 0 fully saturated rings. The molecule has 26 heavy (non-hydrogen) atoms. The molecule has 6 nitrogen and oxygen atoms in total. The van der Waals surface area contributed by atoms with Crippen LogP contribution in [0.2, 0.25) is 0 Å². The maximum atomic E-state index is 12.3. The molecule has 0 aliphatic carbocycles. The number of furan rings is 1. The number of carbonyl (C=O) groups is 1. The van der Waals surface area contributed by atoms with Gasteiger partial charge in [-0.15, -0.1) is 10.2 Å². The Morgan fingerprint density at radius 2 is 1.92 bits per heavy atom. The largest absolute Gasteiger partial charge is 0.469 e. The molecule has 0 aliphatic heterocycles. The number of fused-ring (bicyclic) bond motifs is 1. The van der Waals surface area contributed by atoms with E-state index < -0.39 is 0 Å². The molecule has 2 aromatic carbocycles. The molecule has 0 aliphatic rings. The lowest BCUT2D eigenvalue weighted by atomic mass is 10.1. The summed E-state index contributed by atoms with van der Waals surface area (Å²) in [5, 5.41) is 13.1. The number of benzene rings is 2. The predicted molar refractivity (Wildman–Crippen MR) is 97.6 cm³/mol. The van der Waals surface area contributed by atoms with Crippen LogP contribution in [0.3, 0.4) is 0 Å². The van der Waals surface area contributed by atoms with Crippen molar-refractivity contribution in [2.45, 2.75) is 19.8 Å². The average molecular weight is 347 g/mol. The molecule has 0 saturated carbocycles. The van der Waals surface area contributed by atoms with Crippen molar-refractivity contribution in [2.75, 3.05) is 5.32 Å². The smallest absolute Gasteiger partial charge is 0.251 e. The van der Waals surface area contributed by atoms with Gasteiger partial charge in [-0.3, -0.25) is 4.79 Å². The Balaban J connectivity index is 1.41. The number of aromatic nitrogens is 2. The predicted octanol–water partition coefficient (Wildman–Crippen LogP) is 4.36. The average Bonchev–Trinajstić information content (AvgIpc) is 3.29. The molecule has 130 valence electrons. The number of aryl methyl sites for hydroxylation is 2. The first-order valence-corrected chi connectivity index (χ1v) is 8.35. The second-order valence-corrected chi connectivity index (χ2v) is 5.97. The molecule has 4 aromatic rings. The van der Waals surface area contributed by atoms with Crippen LogP contribution < -0.4 is 5.32 Å². The van der Waals surface area contributed by atoms with Gasteiger partial charge in [-0.25, -0.2) is 0 Å². The second-order valence-electron chi connectivity index (χ2n) is 5.97. The summed E-state index contributed by atoms with van der Waals surface area (Å²) in [4.78, 5) is 12.3. The van der Waals surface area contributed by atoms with Crippen LogP contribution in [0.15, 0.2) is 63.6 Å². The lowest BCUT2D eigenvalue weighted by molar-refractivity contribution is -0.116. The van der Waals surface area contributed by atoms with E-state index in [2.05, 4.69) is 15.5 Å². The van der Waals surface area contributed by atoms with E-state index in [0.29, 0.717) is 24.0 Å². The van der Waals surface area contributed by atoms with Gasteiger partial charge in [0.2, 0.25) is 11.8 Å². The minimum atomic E-state index is -0.0967. The Morgan fingerprint density at radius 3 is 2.77 bits per heavy atom. The monoisotopic (exact) mass is 347 g/mol. The molecule has 6 heteroatoms. The van der Waals surface area contributed by atoms with Crippen molar-refractivity contribution in [1.29, 1.82) is 0 Å². The van der Waals surface area contributed by atoms with E-state index in [1.54, 1.807) is 12.3 Å². The first-order valence-electron chi connectivity index (χ1n) is 8.35. The van der Waals surface area contributed by atoms with Crippen LogP contribution in [0.1, 0.15) is 18.1 Å². The van der Waals surface area contributed by atoms with Crippen molar-refractivity contribution in [3.63, 3.8) is 0 Å². The minimum absolute atomic E-state index is 0.0967. The van der Waals surface area contributed by atoms with Gasteiger partial charge in [-0.05, 0) is 24.4 Å². The van der Waals surface area contributed by atoms with Gasteiger partial charge >= 0.3 is 0 Å². The van der Waals surface area contributed by atoms with Crippen LogP contribution >= 0.6 is 0 Å². The number of hydrogen-bond donors (Lipinski definition) is 1. The molecule has 0 saturated heterocycles. The summed E-state index contributed by atoms with van der Waals surface area (Å²) in [6, 6.07) is 15.6. The number of carbonyl (C=O) groups excluding carboxylic acids is 1. The van der Waals surface area contributed by atoms with Gasteiger partial charge in [-0.2, -0.15) is 0 Å². The molecule has 1 N–H and O–H groups in total. The highest BCUT2D eigenvalue weighted by molar-refractivity contribution is 6.02. The molecule has 0 atom stereocenters. The topological polar surface area (TPSA) is 81.2 Å². The van der Waals surface area contributed by atoms with Crippen molar-refractivity contribution in [1.82, 2.24) is 10.2 Å². The van der Waals surface area contributed by atoms with Crippen LogP contribution in [-0.4, -0.2) is 16.1 Å². The summed E-state index contributed by atoms with van der Waals surface area (Å²) >= 11 is 0. The third-order valence-electron chi connectivity index (χ3n) is 4.19. The first-order chi connectivity index (χ1) is 12.7. The minimum Gasteiger partial charge on any atom is -0.469 e. The van der Waals surface area contributed by atoms with E-state index in [4.69, 9.17) is 8.83 Å². The molecule has 1 amide bonds. The van der Waals surface area contributed by atoms with E-state index in [1.807, 2.05) is 49.4 Å². The van der Waals surface area contributed by atoms with Crippen molar-refractivity contribution in [2.24, 2.45) is 0 Å². The van der Waals surface area contributed by atoms with Crippen molar-refractivity contribution in [3.05, 3.63) is 66.4 Å². The summed E-state index contributed by atoms with van der Waals surface area (Å²) < 4.78 is 10.9. The number of anilines is 1. The zero-order chi connectivity index (χ0) is 17.9. The molecule has 0 radical (unpaired) electrons. The number of amides is 1. The summed E-state index contributed by atoms with van der Waals surface area (Å²) in [7, 11) is 0. The molecular weight excluding hydrogens is 330 g/mol. The molecule has 0 spiro atoms. The molecule has 0 bridgehead atoms. The summed E-state index contributed by atoms with van der Waals surface area (Å²) in [6.07, 6.45) is 2.21. The van der Waals surface area contributed by atoms with Crippen LogP contribution in [0.5, 0.6) is 0 Å². The highest BCUT2D eigenvalue weighted by Crippen LogP contribution is 2.24. The van der Waals surface area contributed by atoms with Gasteiger partial charge in [0.15, 0.2) is 0 Å². The maximum Gasteiger partial charge on any atom is 0.251 e. The fourth-order valence-electron chi connectivity index (χ4n) is 2.84. The van der Waals surface area contributed by atoms with E-state index in [9.17, 15) is 4.79 Å². The quantitative estimate of drug-likeness (QED) is 0.580. The van der Waals surface area contributed by atoms with Gasteiger partial charge < -0.3 is 14.2 Å². The van der Waals surface area contributed by atoms with E-state index in [1.165, 1.54) is 0 Å². The lowest BCUT2D eigenvalue weighted by Crippen LogP contribution is -2.12. The third-order valence-corrected chi connectivity index (χ3v) is 4.19. The Kier molecular flexibility index (Phi) is 4.23. The fourth-order valence-corrected chi connectivity index (χ4v) is 2.84. The molecular formula is C20H17N3O3. The first kappa shape index (κ1) is 16.1. The van der Waals surface area contributed by atoms with Crippen molar-refractivity contribution >= 4 is 22.4 Å². The van der Waals surface area contributed by atoms with E-state index in [-0.39, 0.29) is 12.3 Å². The number of nitrogens with zero attached hydrogens (tertiary/aromatic N) is 2. The molecule has 0 unspecified atom stereocenters. The number of nitrogens with one attached hydrogen (secondary N) is 1. The highest BCUT2D eigenvalue weighted by Gasteiger charge is 2.14. The van der Waals surface area contributed by atoms with Gasteiger partial charge in [0.1, 0.15) is 5.76 Å². The normalized spacial score (nSPS) is 11.0. The van der Waals surface area contributed by atoms with Crippen LogP contribution in [0.4, 0.5) is 5.69 Å². The van der Waals surface area contributed by atoms with Crippen molar-refractivity contribution < 1.29 is 13.6 Å².